The van der Waals surface area contributed by atoms with E-state index < -0.39 is 0 Å². The van der Waals surface area contributed by atoms with Gasteiger partial charge in [-0.3, -0.25) is 0 Å². The summed E-state index contributed by atoms with van der Waals surface area (Å²) in [5, 5.41) is 1.22. The second-order valence-electron chi connectivity index (χ2n) is 6.07. The maximum Gasteiger partial charge on any atom is 0.134 e. The summed E-state index contributed by atoms with van der Waals surface area (Å²) in [5.41, 5.74) is 8.93. The smallest absolute Gasteiger partial charge is 0.134 e. The molecule has 1 fully saturated rings. The van der Waals surface area contributed by atoms with Gasteiger partial charge in [-0.1, -0.05) is 50.8 Å². The third-order valence-electron chi connectivity index (χ3n) is 4.77. The first-order valence-corrected chi connectivity index (χ1v) is 8.07. The fraction of sp³-hybridized carbons (Fsp3) is 0.556. The topological polar surface area (TPSA) is 39.2 Å². The monoisotopic (exact) mass is 271 g/mol. The zero-order valence-corrected chi connectivity index (χ0v) is 12.4. The lowest BCUT2D eigenvalue weighted by Gasteiger charge is -2.22. The number of rotatable bonds is 3. The van der Waals surface area contributed by atoms with E-state index >= 15 is 0 Å². The summed E-state index contributed by atoms with van der Waals surface area (Å²) in [7, 11) is 0. The highest BCUT2D eigenvalue weighted by Crippen LogP contribution is 2.38. The normalized spacial score (nSPS) is 19.1. The van der Waals surface area contributed by atoms with Crippen molar-refractivity contribution in [2.45, 2.75) is 57.9 Å². The quantitative estimate of drug-likeness (QED) is 0.801. The molecule has 1 aliphatic carbocycles. The number of aryl methyl sites for hydroxylation is 1. The molecular formula is C18H25NO. The Morgan fingerprint density at radius 3 is 2.55 bits per heavy atom. The molecule has 0 saturated heterocycles. The summed E-state index contributed by atoms with van der Waals surface area (Å²) in [6, 6.07) is 8.46. The van der Waals surface area contributed by atoms with Crippen molar-refractivity contribution in [3.63, 3.8) is 0 Å². The highest BCUT2D eigenvalue weighted by atomic mass is 16.3. The third kappa shape index (κ3) is 2.49. The van der Waals surface area contributed by atoms with Crippen LogP contribution in [0.15, 0.2) is 28.7 Å². The minimum atomic E-state index is 0.131. The summed E-state index contributed by atoms with van der Waals surface area (Å²) < 4.78 is 6.01. The molecular weight excluding hydrogens is 246 g/mol. The Bertz CT molecular complexity index is 564. The Balaban J connectivity index is 1.98. The molecule has 1 heterocycles. The Kier molecular flexibility index (Phi) is 4.11. The van der Waals surface area contributed by atoms with Crippen LogP contribution < -0.4 is 5.73 Å². The van der Waals surface area contributed by atoms with E-state index in [4.69, 9.17) is 10.2 Å². The lowest BCUT2D eigenvalue weighted by Crippen LogP contribution is -2.22. The van der Waals surface area contributed by atoms with Gasteiger partial charge in [-0.2, -0.15) is 0 Å². The van der Waals surface area contributed by atoms with E-state index in [0.29, 0.717) is 5.92 Å². The molecule has 0 bridgehead atoms. The second kappa shape index (κ2) is 6.01. The molecule has 2 aromatic rings. The van der Waals surface area contributed by atoms with Gasteiger partial charge in [-0.05, 0) is 24.8 Å². The molecule has 1 aliphatic rings. The second-order valence-corrected chi connectivity index (χ2v) is 6.07. The molecule has 0 amide bonds. The van der Waals surface area contributed by atoms with Gasteiger partial charge >= 0.3 is 0 Å². The first kappa shape index (κ1) is 13.7. The lowest BCUT2D eigenvalue weighted by molar-refractivity contribution is 0.377. The van der Waals surface area contributed by atoms with Crippen molar-refractivity contribution in [3.05, 3.63) is 35.6 Å². The molecule has 1 saturated carbocycles. The molecule has 0 spiro atoms. The van der Waals surface area contributed by atoms with Crippen LogP contribution in [-0.2, 0) is 6.42 Å². The van der Waals surface area contributed by atoms with Crippen LogP contribution in [0.4, 0.5) is 0 Å². The largest absolute Gasteiger partial charge is 0.461 e. The number of benzene rings is 1. The SMILES string of the molecule is CCc1oc2ccccc2c1C(N)C1CCCCCC1. The van der Waals surface area contributed by atoms with Crippen LogP contribution in [0.2, 0.25) is 0 Å². The molecule has 1 atom stereocenters. The van der Waals surface area contributed by atoms with Gasteiger partial charge in [0.25, 0.3) is 0 Å². The first-order valence-electron chi connectivity index (χ1n) is 8.07. The fourth-order valence-corrected chi connectivity index (χ4v) is 3.65. The van der Waals surface area contributed by atoms with Gasteiger partial charge in [0.2, 0.25) is 0 Å². The number of para-hydroxylation sites is 1. The van der Waals surface area contributed by atoms with Crippen LogP contribution in [-0.4, -0.2) is 0 Å². The van der Waals surface area contributed by atoms with Gasteiger partial charge in [-0.15, -0.1) is 0 Å². The van der Waals surface area contributed by atoms with Gasteiger partial charge in [0.05, 0.1) is 0 Å². The zero-order valence-electron chi connectivity index (χ0n) is 12.4. The molecule has 108 valence electrons. The molecule has 1 aromatic heterocycles. The summed E-state index contributed by atoms with van der Waals surface area (Å²) in [5.74, 6) is 1.70. The van der Waals surface area contributed by atoms with Crippen LogP contribution in [0, 0.1) is 5.92 Å². The number of fused-ring (bicyclic) bond motifs is 1. The van der Waals surface area contributed by atoms with E-state index in [1.165, 1.54) is 49.5 Å². The van der Waals surface area contributed by atoms with Crippen LogP contribution in [0.1, 0.15) is 62.8 Å². The molecule has 2 nitrogen and oxygen atoms in total. The van der Waals surface area contributed by atoms with Gasteiger partial charge in [0, 0.05) is 23.4 Å². The Labute approximate surface area is 121 Å². The summed E-state index contributed by atoms with van der Waals surface area (Å²) >= 11 is 0. The molecule has 1 unspecified atom stereocenters. The minimum absolute atomic E-state index is 0.131. The fourth-order valence-electron chi connectivity index (χ4n) is 3.65. The van der Waals surface area contributed by atoms with Crippen molar-refractivity contribution in [1.29, 1.82) is 0 Å². The van der Waals surface area contributed by atoms with Crippen molar-refractivity contribution >= 4 is 11.0 Å². The Hall–Kier alpha value is -1.28. The molecule has 2 N–H and O–H groups in total. The molecule has 0 radical (unpaired) electrons. The molecule has 0 aliphatic heterocycles. The summed E-state index contributed by atoms with van der Waals surface area (Å²) in [6.45, 7) is 2.15. The highest BCUT2D eigenvalue weighted by Gasteiger charge is 2.26. The van der Waals surface area contributed by atoms with Crippen molar-refractivity contribution in [2.75, 3.05) is 0 Å². The predicted molar refractivity (Wildman–Crippen MR) is 83.7 cm³/mol. The minimum Gasteiger partial charge on any atom is -0.461 e. The molecule has 20 heavy (non-hydrogen) atoms. The van der Waals surface area contributed by atoms with Gasteiger partial charge < -0.3 is 10.2 Å². The van der Waals surface area contributed by atoms with Crippen molar-refractivity contribution in [1.82, 2.24) is 0 Å². The van der Waals surface area contributed by atoms with Crippen LogP contribution in [0.5, 0.6) is 0 Å². The van der Waals surface area contributed by atoms with E-state index in [1.807, 2.05) is 6.07 Å². The van der Waals surface area contributed by atoms with Gasteiger partial charge in [0.15, 0.2) is 0 Å². The van der Waals surface area contributed by atoms with Crippen LogP contribution >= 0.6 is 0 Å². The van der Waals surface area contributed by atoms with Crippen LogP contribution in [0.25, 0.3) is 11.0 Å². The van der Waals surface area contributed by atoms with Crippen molar-refractivity contribution < 1.29 is 4.42 Å². The average Bonchev–Trinajstić information content (AvgIpc) is 2.65. The number of hydrogen-bond acceptors (Lipinski definition) is 2. The Morgan fingerprint density at radius 1 is 1.15 bits per heavy atom. The first-order chi connectivity index (χ1) is 9.81. The highest BCUT2D eigenvalue weighted by molar-refractivity contribution is 5.82. The van der Waals surface area contributed by atoms with Crippen molar-refractivity contribution in [2.24, 2.45) is 11.7 Å². The third-order valence-corrected chi connectivity index (χ3v) is 4.77. The molecule has 2 heteroatoms. The van der Waals surface area contributed by atoms with E-state index in [2.05, 4.69) is 25.1 Å². The maximum absolute atomic E-state index is 6.67. The molecule has 3 rings (SSSR count). The zero-order chi connectivity index (χ0) is 13.9. The standard InChI is InChI=1S/C18H25NO/c1-2-15-17(14-11-7-8-12-16(14)20-15)18(19)13-9-5-3-4-6-10-13/h7-8,11-13,18H,2-6,9-10,19H2,1H3. The molecule has 1 aromatic carbocycles. The number of nitrogens with two attached hydrogens (primary N) is 1. The summed E-state index contributed by atoms with van der Waals surface area (Å²) in [6.07, 6.45) is 8.86. The van der Waals surface area contributed by atoms with Crippen LogP contribution in [0.3, 0.4) is 0 Å². The van der Waals surface area contributed by atoms with Crippen molar-refractivity contribution in [3.8, 4) is 0 Å². The van der Waals surface area contributed by atoms with Gasteiger partial charge in [-0.25, -0.2) is 0 Å². The van der Waals surface area contributed by atoms with E-state index in [9.17, 15) is 0 Å². The Morgan fingerprint density at radius 2 is 1.85 bits per heavy atom. The number of furan rings is 1. The van der Waals surface area contributed by atoms with E-state index in [-0.39, 0.29) is 6.04 Å². The van der Waals surface area contributed by atoms with E-state index in [1.54, 1.807) is 0 Å². The average molecular weight is 271 g/mol. The predicted octanol–water partition coefficient (Wildman–Crippen LogP) is 4.97. The summed E-state index contributed by atoms with van der Waals surface area (Å²) in [4.78, 5) is 0. The van der Waals surface area contributed by atoms with E-state index in [0.717, 1.165) is 17.8 Å². The lowest BCUT2D eigenvalue weighted by atomic mass is 9.86. The maximum atomic E-state index is 6.67. The number of hydrogen-bond donors (Lipinski definition) is 1. The van der Waals surface area contributed by atoms with Gasteiger partial charge in [0.1, 0.15) is 11.3 Å².